The van der Waals surface area contributed by atoms with E-state index in [1.807, 2.05) is 51.1 Å². The van der Waals surface area contributed by atoms with Crippen LogP contribution in [-0.2, 0) is 9.53 Å². The highest BCUT2D eigenvalue weighted by atomic mass is 16.6. The Morgan fingerprint density at radius 3 is 2.62 bits per heavy atom. The molecule has 116 valence electrons. The van der Waals surface area contributed by atoms with E-state index in [0.717, 1.165) is 31.6 Å². The molecule has 4 nitrogen and oxygen atoms in total. The van der Waals surface area contributed by atoms with Gasteiger partial charge in [-0.3, -0.25) is 0 Å². The molecule has 2 rings (SSSR count). The van der Waals surface area contributed by atoms with Crippen molar-refractivity contribution < 1.29 is 9.53 Å². The topological polar surface area (TPSA) is 50.4 Å². The average Bonchev–Trinajstić information content (AvgIpc) is 2.45. The molecule has 1 aromatic rings. The van der Waals surface area contributed by atoms with E-state index < -0.39 is 5.60 Å². The van der Waals surface area contributed by atoms with Crippen LogP contribution in [0.4, 0.5) is 5.69 Å². The van der Waals surface area contributed by atoms with Crippen LogP contribution >= 0.6 is 0 Å². The molecule has 2 atom stereocenters. The van der Waals surface area contributed by atoms with Crippen molar-refractivity contribution in [3.8, 4) is 0 Å². The van der Waals surface area contributed by atoms with Crippen LogP contribution in [-0.4, -0.2) is 30.7 Å². The second-order valence-corrected chi connectivity index (χ2v) is 6.63. The maximum absolute atomic E-state index is 12.5. The molecule has 0 aromatic heterocycles. The van der Waals surface area contributed by atoms with Gasteiger partial charge in [0.05, 0.1) is 0 Å². The molecule has 0 amide bonds. The quantitative estimate of drug-likeness (QED) is 0.837. The lowest BCUT2D eigenvalue weighted by molar-refractivity contribution is -0.157. The van der Waals surface area contributed by atoms with E-state index in [1.165, 1.54) is 0 Å². The van der Waals surface area contributed by atoms with E-state index in [1.54, 1.807) is 0 Å². The zero-order valence-corrected chi connectivity index (χ0v) is 13.2. The van der Waals surface area contributed by atoms with Crippen LogP contribution in [0.15, 0.2) is 30.3 Å². The van der Waals surface area contributed by atoms with Crippen LogP contribution in [0.3, 0.4) is 0 Å². The summed E-state index contributed by atoms with van der Waals surface area (Å²) < 4.78 is 5.60. The maximum atomic E-state index is 12.5. The van der Waals surface area contributed by atoms with Crippen molar-refractivity contribution in [3.05, 3.63) is 30.3 Å². The van der Waals surface area contributed by atoms with E-state index in [-0.39, 0.29) is 17.9 Å². The second-order valence-electron chi connectivity index (χ2n) is 6.63. The minimum atomic E-state index is -0.463. The minimum absolute atomic E-state index is 0.167. The number of benzene rings is 1. The van der Waals surface area contributed by atoms with Gasteiger partial charge in [0.2, 0.25) is 0 Å². The van der Waals surface area contributed by atoms with Crippen molar-refractivity contribution in [3.63, 3.8) is 0 Å². The molecular weight excluding hydrogens is 264 g/mol. The first-order chi connectivity index (χ1) is 9.96. The molecule has 1 aliphatic rings. The molecule has 1 heterocycles. The molecule has 0 bridgehead atoms. The predicted molar refractivity (Wildman–Crippen MR) is 85.3 cm³/mol. The monoisotopic (exact) mass is 290 g/mol. The predicted octanol–water partition coefficient (Wildman–Crippen LogP) is 2.81. The number of piperidine rings is 1. The van der Waals surface area contributed by atoms with E-state index in [2.05, 4.69) is 10.6 Å². The van der Waals surface area contributed by atoms with Crippen molar-refractivity contribution in [1.82, 2.24) is 5.32 Å². The number of carbonyl (C=O) groups excluding carboxylic acids is 1. The lowest BCUT2D eigenvalue weighted by atomic mass is 9.91. The van der Waals surface area contributed by atoms with Crippen LogP contribution in [0.25, 0.3) is 0 Å². The molecule has 2 N–H and O–H groups in total. The zero-order chi connectivity index (χ0) is 15.3. The highest BCUT2D eigenvalue weighted by Gasteiger charge is 2.33. The summed E-state index contributed by atoms with van der Waals surface area (Å²) in [6, 6.07) is 9.55. The summed E-state index contributed by atoms with van der Waals surface area (Å²) in [4.78, 5) is 12.5. The number of hydrogen-bond acceptors (Lipinski definition) is 4. The molecule has 0 saturated carbocycles. The van der Waals surface area contributed by atoms with Crippen molar-refractivity contribution in [2.75, 3.05) is 18.4 Å². The van der Waals surface area contributed by atoms with Crippen molar-refractivity contribution in [2.45, 2.75) is 45.3 Å². The Morgan fingerprint density at radius 2 is 2.05 bits per heavy atom. The van der Waals surface area contributed by atoms with Gasteiger partial charge in [-0.2, -0.15) is 0 Å². The fourth-order valence-electron chi connectivity index (χ4n) is 2.61. The number of rotatable bonds is 4. The Hall–Kier alpha value is -1.55. The summed E-state index contributed by atoms with van der Waals surface area (Å²) in [6.07, 6.45) is 2.14. The van der Waals surface area contributed by atoms with Gasteiger partial charge in [0.25, 0.3) is 0 Å². The number of hydrogen-bond donors (Lipinski definition) is 2. The molecular formula is C17H26N2O2. The largest absolute Gasteiger partial charge is 0.458 e. The Bertz CT molecular complexity index is 448. The lowest BCUT2D eigenvalue weighted by Gasteiger charge is -2.32. The first kappa shape index (κ1) is 15.8. The van der Waals surface area contributed by atoms with Gasteiger partial charge < -0.3 is 15.4 Å². The Labute approximate surface area is 127 Å². The highest BCUT2D eigenvalue weighted by molar-refractivity contribution is 5.80. The van der Waals surface area contributed by atoms with Gasteiger partial charge in [-0.05, 0) is 52.3 Å². The summed E-state index contributed by atoms with van der Waals surface area (Å²) in [5, 5.41) is 6.73. The first-order valence-corrected chi connectivity index (χ1v) is 7.71. The van der Waals surface area contributed by atoms with E-state index in [4.69, 9.17) is 4.74 Å². The smallest absolute Gasteiger partial charge is 0.329 e. The molecule has 1 aromatic carbocycles. The van der Waals surface area contributed by atoms with Crippen LogP contribution in [0.1, 0.15) is 33.6 Å². The third kappa shape index (κ3) is 5.05. The van der Waals surface area contributed by atoms with E-state index >= 15 is 0 Å². The van der Waals surface area contributed by atoms with Gasteiger partial charge in [0, 0.05) is 18.2 Å². The van der Waals surface area contributed by atoms with E-state index in [0.29, 0.717) is 0 Å². The van der Waals surface area contributed by atoms with Gasteiger partial charge in [-0.15, -0.1) is 0 Å². The summed E-state index contributed by atoms with van der Waals surface area (Å²) in [5.74, 6) is 0.0915. The standard InChI is InChI=1S/C17H26N2O2/c1-17(2,3)21-16(20)15(13-8-7-11-18-12-13)19-14-9-5-4-6-10-14/h4-6,9-10,13,15,18-19H,7-8,11-12H2,1-3H3. The zero-order valence-electron chi connectivity index (χ0n) is 13.2. The molecule has 21 heavy (non-hydrogen) atoms. The number of carbonyl (C=O) groups is 1. The van der Waals surface area contributed by atoms with Gasteiger partial charge in [0.15, 0.2) is 0 Å². The molecule has 2 unspecified atom stereocenters. The van der Waals surface area contributed by atoms with Crippen molar-refractivity contribution in [1.29, 1.82) is 0 Å². The molecule has 0 spiro atoms. The average molecular weight is 290 g/mol. The highest BCUT2D eigenvalue weighted by Crippen LogP contribution is 2.22. The second kappa shape index (κ2) is 6.94. The molecule has 1 saturated heterocycles. The number of esters is 1. The van der Waals surface area contributed by atoms with Crippen LogP contribution in [0, 0.1) is 5.92 Å². The number of nitrogens with one attached hydrogen (secondary N) is 2. The van der Waals surface area contributed by atoms with Crippen LogP contribution < -0.4 is 10.6 Å². The fraction of sp³-hybridized carbons (Fsp3) is 0.588. The van der Waals surface area contributed by atoms with Gasteiger partial charge >= 0.3 is 5.97 Å². The number of para-hydroxylation sites is 1. The summed E-state index contributed by atoms with van der Waals surface area (Å²) in [5.41, 5.74) is 0.495. The summed E-state index contributed by atoms with van der Waals surface area (Å²) in [7, 11) is 0. The van der Waals surface area contributed by atoms with Gasteiger partial charge in [-0.25, -0.2) is 4.79 Å². The lowest BCUT2D eigenvalue weighted by Crippen LogP contribution is -2.47. The fourth-order valence-corrected chi connectivity index (χ4v) is 2.61. The first-order valence-electron chi connectivity index (χ1n) is 7.71. The van der Waals surface area contributed by atoms with Gasteiger partial charge in [0.1, 0.15) is 11.6 Å². The van der Waals surface area contributed by atoms with Crippen molar-refractivity contribution >= 4 is 11.7 Å². The van der Waals surface area contributed by atoms with Crippen molar-refractivity contribution in [2.24, 2.45) is 5.92 Å². The summed E-state index contributed by atoms with van der Waals surface area (Å²) >= 11 is 0. The SMILES string of the molecule is CC(C)(C)OC(=O)C(Nc1ccccc1)C1CCCNC1. The van der Waals surface area contributed by atoms with Crippen LogP contribution in [0.5, 0.6) is 0 Å². The molecule has 0 radical (unpaired) electrons. The minimum Gasteiger partial charge on any atom is -0.458 e. The number of anilines is 1. The van der Waals surface area contributed by atoms with E-state index in [9.17, 15) is 4.79 Å². The third-order valence-corrected chi connectivity index (χ3v) is 3.56. The summed E-state index contributed by atoms with van der Waals surface area (Å²) in [6.45, 7) is 7.60. The molecule has 0 aliphatic carbocycles. The molecule has 4 heteroatoms. The number of ether oxygens (including phenoxy) is 1. The van der Waals surface area contributed by atoms with Crippen LogP contribution in [0.2, 0.25) is 0 Å². The normalized spacial score (nSPS) is 20.6. The van der Waals surface area contributed by atoms with Gasteiger partial charge in [-0.1, -0.05) is 18.2 Å². The Balaban J connectivity index is 2.11. The Kier molecular flexibility index (Phi) is 5.23. The molecule has 1 aliphatic heterocycles. The Morgan fingerprint density at radius 1 is 1.33 bits per heavy atom. The third-order valence-electron chi connectivity index (χ3n) is 3.56. The maximum Gasteiger partial charge on any atom is 0.329 e. The molecule has 1 fully saturated rings.